The molecule has 0 fully saturated rings. The van der Waals surface area contributed by atoms with Crippen LogP contribution >= 0.6 is 0 Å². The van der Waals surface area contributed by atoms with Crippen molar-refractivity contribution >= 4 is 5.69 Å². The Balaban J connectivity index is 2.07. The van der Waals surface area contributed by atoms with E-state index in [1.54, 1.807) is 12.1 Å². The molecule has 88 valence electrons. The SMILES string of the molecule is CCc1ccccc1NCc1cccc(F)c1. The summed E-state index contributed by atoms with van der Waals surface area (Å²) in [5.74, 6) is -0.187. The third-order valence-corrected chi connectivity index (χ3v) is 2.77. The average Bonchev–Trinajstić information content (AvgIpc) is 2.37. The fraction of sp³-hybridized carbons (Fsp3) is 0.200. The molecule has 0 bridgehead atoms. The topological polar surface area (TPSA) is 12.0 Å². The molecule has 17 heavy (non-hydrogen) atoms. The largest absolute Gasteiger partial charge is 0.381 e. The highest BCUT2D eigenvalue weighted by atomic mass is 19.1. The van der Waals surface area contributed by atoms with Gasteiger partial charge in [-0.15, -0.1) is 0 Å². The quantitative estimate of drug-likeness (QED) is 0.835. The number of hydrogen-bond acceptors (Lipinski definition) is 1. The first-order valence-corrected chi connectivity index (χ1v) is 5.86. The van der Waals surface area contributed by atoms with E-state index in [4.69, 9.17) is 0 Å². The Hall–Kier alpha value is -1.83. The lowest BCUT2D eigenvalue weighted by Crippen LogP contribution is -2.02. The third-order valence-electron chi connectivity index (χ3n) is 2.77. The predicted octanol–water partition coefficient (Wildman–Crippen LogP) is 4.00. The Morgan fingerprint density at radius 2 is 1.88 bits per heavy atom. The van der Waals surface area contributed by atoms with Crippen molar-refractivity contribution in [1.82, 2.24) is 0 Å². The van der Waals surface area contributed by atoms with Crippen molar-refractivity contribution in [3.8, 4) is 0 Å². The highest BCUT2D eigenvalue weighted by Gasteiger charge is 1.99. The van der Waals surface area contributed by atoms with Gasteiger partial charge in [-0.2, -0.15) is 0 Å². The second kappa shape index (κ2) is 5.48. The fourth-order valence-corrected chi connectivity index (χ4v) is 1.85. The third kappa shape index (κ3) is 3.06. The van der Waals surface area contributed by atoms with E-state index in [1.807, 2.05) is 18.2 Å². The number of benzene rings is 2. The maximum Gasteiger partial charge on any atom is 0.123 e. The van der Waals surface area contributed by atoms with Gasteiger partial charge in [0.25, 0.3) is 0 Å². The van der Waals surface area contributed by atoms with Crippen LogP contribution in [0.1, 0.15) is 18.1 Å². The van der Waals surface area contributed by atoms with E-state index in [9.17, 15) is 4.39 Å². The van der Waals surface area contributed by atoms with Gasteiger partial charge in [0.1, 0.15) is 5.82 Å². The summed E-state index contributed by atoms with van der Waals surface area (Å²) in [6.07, 6.45) is 0.992. The first-order valence-electron chi connectivity index (χ1n) is 5.86. The Bertz CT molecular complexity index is 494. The Kier molecular flexibility index (Phi) is 3.76. The minimum Gasteiger partial charge on any atom is -0.381 e. The zero-order valence-corrected chi connectivity index (χ0v) is 9.91. The molecule has 0 heterocycles. The highest BCUT2D eigenvalue weighted by Crippen LogP contribution is 2.16. The maximum absolute atomic E-state index is 13.0. The molecule has 1 nitrogen and oxygen atoms in total. The Labute approximate surface area is 101 Å². The summed E-state index contributed by atoms with van der Waals surface area (Å²) in [7, 11) is 0. The van der Waals surface area contributed by atoms with Gasteiger partial charge in [0, 0.05) is 12.2 Å². The van der Waals surface area contributed by atoms with Gasteiger partial charge < -0.3 is 5.32 Å². The second-order valence-electron chi connectivity index (χ2n) is 3.99. The van der Waals surface area contributed by atoms with Crippen molar-refractivity contribution in [3.63, 3.8) is 0 Å². The lowest BCUT2D eigenvalue weighted by Gasteiger charge is -2.10. The van der Waals surface area contributed by atoms with Crippen LogP contribution in [-0.4, -0.2) is 0 Å². The van der Waals surface area contributed by atoms with E-state index >= 15 is 0 Å². The molecule has 0 amide bonds. The molecule has 0 aromatic heterocycles. The van der Waals surface area contributed by atoms with E-state index in [0.29, 0.717) is 6.54 Å². The monoisotopic (exact) mass is 229 g/mol. The second-order valence-corrected chi connectivity index (χ2v) is 3.99. The number of para-hydroxylation sites is 1. The first kappa shape index (κ1) is 11.6. The number of nitrogens with one attached hydrogen (secondary N) is 1. The summed E-state index contributed by atoms with van der Waals surface area (Å²) in [4.78, 5) is 0. The molecule has 0 radical (unpaired) electrons. The van der Waals surface area contributed by atoms with Crippen molar-refractivity contribution in [2.75, 3.05) is 5.32 Å². The minimum atomic E-state index is -0.187. The van der Waals surface area contributed by atoms with Crippen LogP contribution in [0.2, 0.25) is 0 Å². The molecule has 0 spiro atoms. The Morgan fingerprint density at radius 1 is 1.06 bits per heavy atom. The molecule has 0 aliphatic heterocycles. The highest BCUT2D eigenvalue weighted by molar-refractivity contribution is 5.51. The molecule has 2 heteroatoms. The molecular weight excluding hydrogens is 213 g/mol. The smallest absolute Gasteiger partial charge is 0.123 e. The zero-order valence-electron chi connectivity index (χ0n) is 9.91. The summed E-state index contributed by atoms with van der Waals surface area (Å²) in [6, 6.07) is 14.9. The fourth-order valence-electron chi connectivity index (χ4n) is 1.85. The van der Waals surface area contributed by atoms with Gasteiger partial charge in [-0.05, 0) is 35.7 Å². The van der Waals surface area contributed by atoms with Crippen molar-refractivity contribution < 1.29 is 4.39 Å². The van der Waals surface area contributed by atoms with Crippen LogP contribution < -0.4 is 5.32 Å². The van der Waals surface area contributed by atoms with Gasteiger partial charge in [0.15, 0.2) is 0 Å². The van der Waals surface area contributed by atoms with Crippen molar-refractivity contribution in [1.29, 1.82) is 0 Å². The summed E-state index contributed by atoms with van der Waals surface area (Å²) >= 11 is 0. The summed E-state index contributed by atoms with van der Waals surface area (Å²) < 4.78 is 13.0. The molecule has 0 saturated heterocycles. The predicted molar refractivity (Wildman–Crippen MR) is 69.5 cm³/mol. The van der Waals surface area contributed by atoms with Gasteiger partial charge in [0.2, 0.25) is 0 Å². The van der Waals surface area contributed by atoms with Crippen LogP contribution in [0.4, 0.5) is 10.1 Å². The van der Waals surface area contributed by atoms with E-state index in [0.717, 1.165) is 17.7 Å². The summed E-state index contributed by atoms with van der Waals surface area (Å²) in [5.41, 5.74) is 3.36. The number of hydrogen-bond donors (Lipinski definition) is 1. The van der Waals surface area contributed by atoms with E-state index < -0.39 is 0 Å². The number of halogens is 1. The van der Waals surface area contributed by atoms with Gasteiger partial charge in [-0.25, -0.2) is 4.39 Å². The molecule has 0 aliphatic rings. The number of anilines is 1. The van der Waals surface area contributed by atoms with Crippen molar-refractivity contribution in [2.24, 2.45) is 0 Å². The molecule has 0 aliphatic carbocycles. The lowest BCUT2D eigenvalue weighted by atomic mass is 10.1. The van der Waals surface area contributed by atoms with Gasteiger partial charge in [-0.1, -0.05) is 37.3 Å². The molecule has 2 rings (SSSR count). The standard InChI is InChI=1S/C15H16FN/c1-2-13-7-3-4-9-15(13)17-11-12-6-5-8-14(16)10-12/h3-10,17H,2,11H2,1H3. The van der Waals surface area contributed by atoms with E-state index in [2.05, 4.69) is 24.4 Å². The average molecular weight is 229 g/mol. The van der Waals surface area contributed by atoms with E-state index in [1.165, 1.54) is 11.6 Å². The van der Waals surface area contributed by atoms with Crippen molar-refractivity contribution in [2.45, 2.75) is 19.9 Å². The van der Waals surface area contributed by atoms with E-state index in [-0.39, 0.29) is 5.82 Å². The molecule has 2 aromatic carbocycles. The molecule has 0 saturated carbocycles. The van der Waals surface area contributed by atoms with Gasteiger partial charge in [0.05, 0.1) is 0 Å². The van der Waals surface area contributed by atoms with Crippen LogP contribution in [0.3, 0.4) is 0 Å². The van der Waals surface area contributed by atoms with Crippen LogP contribution in [-0.2, 0) is 13.0 Å². The summed E-state index contributed by atoms with van der Waals surface area (Å²) in [5, 5.41) is 3.34. The molecule has 2 aromatic rings. The van der Waals surface area contributed by atoms with Crippen LogP contribution in [0.15, 0.2) is 48.5 Å². The normalized spacial score (nSPS) is 10.2. The molecule has 1 N–H and O–H groups in total. The summed E-state index contributed by atoms with van der Waals surface area (Å²) in [6.45, 7) is 2.78. The first-order chi connectivity index (χ1) is 8.29. The van der Waals surface area contributed by atoms with Gasteiger partial charge in [-0.3, -0.25) is 0 Å². The van der Waals surface area contributed by atoms with Gasteiger partial charge >= 0.3 is 0 Å². The van der Waals surface area contributed by atoms with Crippen LogP contribution in [0, 0.1) is 5.82 Å². The molecule has 0 atom stereocenters. The number of rotatable bonds is 4. The molecular formula is C15H16FN. The lowest BCUT2D eigenvalue weighted by molar-refractivity contribution is 0.626. The number of aryl methyl sites for hydroxylation is 1. The van der Waals surface area contributed by atoms with Crippen LogP contribution in [0.25, 0.3) is 0 Å². The maximum atomic E-state index is 13.0. The minimum absolute atomic E-state index is 0.187. The van der Waals surface area contributed by atoms with Crippen LogP contribution in [0.5, 0.6) is 0 Å². The Morgan fingerprint density at radius 3 is 2.65 bits per heavy atom. The zero-order chi connectivity index (χ0) is 12.1. The molecule has 0 unspecified atom stereocenters. The van der Waals surface area contributed by atoms with Crippen molar-refractivity contribution in [3.05, 3.63) is 65.5 Å².